The second-order valence-corrected chi connectivity index (χ2v) is 5.99. The van der Waals surface area contributed by atoms with Gasteiger partial charge >= 0.3 is 0 Å². The average Bonchev–Trinajstić information content (AvgIpc) is 3.12. The molecule has 0 aliphatic carbocycles. The topological polar surface area (TPSA) is 49.9 Å². The maximum atomic E-state index is 5.87. The van der Waals surface area contributed by atoms with Gasteiger partial charge in [-0.3, -0.25) is 0 Å². The lowest BCUT2D eigenvalue weighted by Gasteiger charge is -2.14. The Labute approximate surface area is 142 Å². The van der Waals surface area contributed by atoms with Gasteiger partial charge in [0.2, 0.25) is 0 Å². The number of aryl methyl sites for hydroxylation is 1. The zero-order chi connectivity index (χ0) is 16.8. The highest BCUT2D eigenvalue weighted by molar-refractivity contribution is 5.29. The third-order valence-electron chi connectivity index (χ3n) is 4.00. The van der Waals surface area contributed by atoms with Crippen molar-refractivity contribution in [2.75, 3.05) is 0 Å². The summed E-state index contributed by atoms with van der Waals surface area (Å²) in [6.07, 6.45) is 3.60. The van der Waals surface area contributed by atoms with E-state index < -0.39 is 0 Å². The SMILES string of the molecule is Cc1cccc(COc2ccc(C(C)NCc3ncc[nH]3)cc2)c1. The van der Waals surface area contributed by atoms with Gasteiger partial charge in [0.05, 0.1) is 6.54 Å². The van der Waals surface area contributed by atoms with Crippen LogP contribution in [0, 0.1) is 6.92 Å². The van der Waals surface area contributed by atoms with E-state index in [0.29, 0.717) is 6.61 Å². The van der Waals surface area contributed by atoms with Crippen LogP contribution in [0.25, 0.3) is 0 Å². The molecule has 2 aromatic carbocycles. The summed E-state index contributed by atoms with van der Waals surface area (Å²) in [5, 5.41) is 3.45. The maximum absolute atomic E-state index is 5.87. The third kappa shape index (κ3) is 4.46. The molecule has 0 radical (unpaired) electrons. The maximum Gasteiger partial charge on any atom is 0.120 e. The van der Waals surface area contributed by atoms with Gasteiger partial charge in [-0.2, -0.15) is 0 Å². The number of rotatable bonds is 7. The number of aromatic nitrogens is 2. The monoisotopic (exact) mass is 321 g/mol. The van der Waals surface area contributed by atoms with Gasteiger partial charge in [0.15, 0.2) is 0 Å². The van der Waals surface area contributed by atoms with Gasteiger partial charge in [0, 0.05) is 18.4 Å². The van der Waals surface area contributed by atoms with Crippen molar-refractivity contribution < 1.29 is 4.74 Å². The minimum atomic E-state index is 0.251. The second-order valence-electron chi connectivity index (χ2n) is 5.99. The van der Waals surface area contributed by atoms with E-state index in [9.17, 15) is 0 Å². The zero-order valence-corrected chi connectivity index (χ0v) is 14.1. The number of nitrogens with one attached hydrogen (secondary N) is 2. The van der Waals surface area contributed by atoms with Gasteiger partial charge in [-0.15, -0.1) is 0 Å². The molecule has 0 saturated heterocycles. The largest absolute Gasteiger partial charge is 0.489 e. The molecule has 1 aromatic heterocycles. The smallest absolute Gasteiger partial charge is 0.120 e. The molecular weight excluding hydrogens is 298 g/mol. The number of benzene rings is 2. The van der Waals surface area contributed by atoms with Crippen LogP contribution < -0.4 is 10.1 Å². The lowest BCUT2D eigenvalue weighted by molar-refractivity contribution is 0.306. The summed E-state index contributed by atoms with van der Waals surface area (Å²) in [7, 11) is 0. The first kappa shape index (κ1) is 16.3. The molecule has 4 nitrogen and oxygen atoms in total. The highest BCUT2D eigenvalue weighted by atomic mass is 16.5. The summed E-state index contributed by atoms with van der Waals surface area (Å²) in [6.45, 7) is 5.55. The van der Waals surface area contributed by atoms with Crippen molar-refractivity contribution in [3.63, 3.8) is 0 Å². The molecule has 0 fully saturated rings. The Morgan fingerprint density at radius 1 is 1.17 bits per heavy atom. The Hall–Kier alpha value is -2.59. The standard InChI is InChI=1S/C20H23N3O/c1-15-4-3-5-17(12-15)14-24-19-8-6-18(7-9-19)16(2)23-13-20-21-10-11-22-20/h3-12,16,23H,13-14H2,1-2H3,(H,21,22). The van der Waals surface area contributed by atoms with Crippen molar-refractivity contribution in [1.29, 1.82) is 0 Å². The average molecular weight is 321 g/mol. The highest BCUT2D eigenvalue weighted by Crippen LogP contribution is 2.19. The van der Waals surface area contributed by atoms with E-state index in [2.05, 4.69) is 65.5 Å². The second kappa shape index (κ2) is 7.79. The number of nitrogens with zero attached hydrogens (tertiary/aromatic N) is 1. The highest BCUT2D eigenvalue weighted by Gasteiger charge is 2.06. The number of H-pyrrole nitrogens is 1. The van der Waals surface area contributed by atoms with Crippen molar-refractivity contribution in [2.45, 2.75) is 33.0 Å². The number of imidazole rings is 1. The summed E-state index contributed by atoms with van der Waals surface area (Å²) in [5.41, 5.74) is 3.67. The van der Waals surface area contributed by atoms with Gasteiger partial charge in [-0.05, 0) is 37.1 Å². The van der Waals surface area contributed by atoms with Crippen molar-refractivity contribution in [1.82, 2.24) is 15.3 Å². The summed E-state index contributed by atoms with van der Waals surface area (Å²) >= 11 is 0. The van der Waals surface area contributed by atoms with Crippen molar-refractivity contribution >= 4 is 0 Å². The number of aromatic amines is 1. The van der Waals surface area contributed by atoms with Crippen LogP contribution in [0.3, 0.4) is 0 Å². The number of hydrogen-bond donors (Lipinski definition) is 2. The van der Waals surface area contributed by atoms with Gasteiger partial charge in [0.1, 0.15) is 18.2 Å². The van der Waals surface area contributed by atoms with Gasteiger partial charge < -0.3 is 15.0 Å². The van der Waals surface area contributed by atoms with E-state index in [1.807, 2.05) is 18.3 Å². The summed E-state index contributed by atoms with van der Waals surface area (Å²) in [6, 6.07) is 16.9. The van der Waals surface area contributed by atoms with Crippen molar-refractivity contribution in [3.05, 3.63) is 83.4 Å². The fourth-order valence-electron chi connectivity index (χ4n) is 2.58. The predicted octanol–water partition coefficient (Wildman–Crippen LogP) is 4.15. The molecule has 2 N–H and O–H groups in total. The Balaban J connectivity index is 1.52. The van der Waals surface area contributed by atoms with Gasteiger partial charge in [-0.25, -0.2) is 4.98 Å². The van der Waals surface area contributed by atoms with Gasteiger partial charge in [-0.1, -0.05) is 42.0 Å². The molecule has 0 amide bonds. The molecule has 1 atom stereocenters. The predicted molar refractivity (Wildman–Crippen MR) is 95.8 cm³/mol. The molecule has 0 saturated carbocycles. The summed E-state index contributed by atoms with van der Waals surface area (Å²) in [4.78, 5) is 7.31. The molecule has 24 heavy (non-hydrogen) atoms. The van der Waals surface area contributed by atoms with Crippen LogP contribution in [0.4, 0.5) is 0 Å². The minimum absolute atomic E-state index is 0.251. The first-order valence-corrected chi connectivity index (χ1v) is 8.20. The molecule has 1 heterocycles. The van der Waals surface area contributed by atoms with Crippen LogP contribution >= 0.6 is 0 Å². The van der Waals surface area contributed by atoms with E-state index in [0.717, 1.165) is 18.1 Å². The van der Waals surface area contributed by atoms with E-state index in [-0.39, 0.29) is 6.04 Å². The van der Waals surface area contributed by atoms with E-state index in [1.54, 1.807) is 6.20 Å². The molecule has 0 bridgehead atoms. The van der Waals surface area contributed by atoms with Crippen LogP contribution in [-0.2, 0) is 13.2 Å². The molecular formula is C20H23N3O. The van der Waals surface area contributed by atoms with Crippen LogP contribution in [0.2, 0.25) is 0 Å². The molecule has 4 heteroatoms. The lowest BCUT2D eigenvalue weighted by Crippen LogP contribution is -2.18. The Kier molecular flexibility index (Phi) is 5.29. The summed E-state index contributed by atoms with van der Waals surface area (Å²) in [5.74, 6) is 1.83. The normalized spacial score (nSPS) is 12.1. The molecule has 124 valence electrons. The van der Waals surface area contributed by atoms with E-state index in [1.165, 1.54) is 16.7 Å². The molecule has 0 aliphatic rings. The fraction of sp³-hybridized carbons (Fsp3) is 0.250. The van der Waals surface area contributed by atoms with Crippen molar-refractivity contribution in [3.8, 4) is 5.75 Å². The number of ether oxygens (including phenoxy) is 1. The minimum Gasteiger partial charge on any atom is -0.489 e. The molecule has 3 aromatic rings. The quantitative estimate of drug-likeness (QED) is 0.687. The van der Waals surface area contributed by atoms with Crippen LogP contribution in [-0.4, -0.2) is 9.97 Å². The first-order chi connectivity index (χ1) is 11.7. The fourth-order valence-corrected chi connectivity index (χ4v) is 2.58. The van der Waals surface area contributed by atoms with E-state index in [4.69, 9.17) is 4.74 Å². The first-order valence-electron chi connectivity index (χ1n) is 8.20. The van der Waals surface area contributed by atoms with Crippen LogP contribution in [0.1, 0.15) is 35.5 Å². The molecule has 1 unspecified atom stereocenters. The van der Waals surface area contributed by atoms with Crippen LogP contribution in [0.15, 0.2) is 60.9 Å². The number of hydrogen-bond acceptors (Lipinski definition) is 3. The summed E-state index contributed by atoms with van der Waals surface area (Å²) < 4.78 is 5.87. The Morgan fingerprint density at radius 2 is 2.00 bits per heavy atom. The van der Waals surface area contributed by atoms with Crippen molar-refractivity contribution in [2.24, 2.45) is 0 Å². The zero-order valence-electron chi connectivity index (χ0n) is 14.1. The Bertz CT molecular complexity index is 751. The molecule has 0 aliphatic heterocycles. The Morgan fingerprint density at radius 3 is 2.71 bits per heavy atom. The molecule has 3 rings (SSSR count). The van der Waals surface area contributed by atoms with E-state index >= 15 is 0 Å². The van der Waals surface area contributed by atoms with Crippen LogP contribution in [0.5, 0.6) is 5.75 Å². The van der Waals surface area contributed by atoms with Gasteiger partial charge in [0.25, 0.3) is 0 Å². The third-order valence-corrected chi connectivity index (χ3v) is 4.00. The molecule has 0 spiro atoms. The lowest BCUT2D eigenvalue weighted by atomic mass is 10.1.